The second kappa shape index (κ2) is 5.19. The predicted octanol–water partition coefficient (Wildman–Crippen LogP) is 2.06. The number of fused-ring (bicyclic) bond motifs is 2. The molecule has 1 saturated heterocycles. The Morgan fingerprint density at radius 1 is 1.35 bits per heavy atom. The summed E-state index contributed by atoms with van der Waals surface area (Å²) in [5.41, 5.74) is 8.95. The van der Waals surface area contributed by atoms with Crippen LogP contribution in [0, 0.1) is 0 Å². The molecule has 23 heavy (non-hydrogen) atoms. The molecule has 2 aromatic rings. The van der Waals surface area contributed by atoms with Crippen molar-refractivity contribution >= 4 is 39.1 Å². The number of carboxylic acid groups (broad SMARTS) is 1. The Morgan fingerprint density at radius 2 is 2.17 bits per heavy atom. The lowest BCUT2D eigenvalue weighted by molar-refractivity contribution is -0.141. The summed E-state index contributed by atoms with van der Waals surface area (Å²) in [5.74, 6) is -1.23. The molecular weight excluding hydrogens is 314 g/mol. The number of likely N-dealkylation sites (tertiary alicyclic amines) is 1. The molecule has 0 saturated carbocycles. The number of rotatable bonds is 2. The SMILES string of the molecule is Nc1c(C(=O)N2CCCC2C(=O)O)sc2nc3c(cc12)CCC3. The third kappa shape index (κ3) is 2.18. The van der Waals surface area contributed by atoms with Crippen LogP contribution < -0.4 is 5.73 Å². The number of hydrogen-bond acceptors (Lipinski definition) is 5. The lowest BCUT2D eigenvalue weighted by Gasteiger charge is -2.20. The summed E-state index contributed by atoms with van der Waals surface area (Å²) in [6.07, 6.45) is 4.29. The largest absolute Gasteiger partial charge is 0.480 e. The summed E-state index contributed by atoms with van der Waals surface area (Å²) in [5, 5.41) is 10.1. The van der Waals surface area contributed by atoms with Gasteiger partial charge < -0.3 is 15.7 Å². The van der Waals surface area contributed by atoms with Crippen molar-refractivity contribution < 1.29 is 14.7 Å². The molecule has 0 bridgehead atoms. The summed E-state index contributed by atoms with van der Waals surface area (Å²) >= 11 is 1.28. The minimum atomic E-state index is -0.951. The number of aromatic nitrogens is 1. The molecule has 3 N–H and O–H groups in total. The van der Waals surface area contributed by atoms with Crippen molar-refractivity contribution in [2.24, 2.45) is 0 Å². The monoisotopic (exact) mass is 331 g/mol. The number of carboxylic acids is 1. The van der Waals surface area contributed by atoms with Gasteiger partial charge in [-0.05, 0) is 43.7 Å². The molecule has 7 heteroatoms. The molecule has 1 fully saturated rings. The number of nitrogen functional groups attached to an aromatic ring is 1. The van der Waals surface area contributed by atoms with Gasteiger partial charge in [0.05, 0.1) is 5.69 Å². The van der Waals surface area contributed by atoms with Crippen molar-refractivity contribution in [1.82, 2.24) is 9.88 Å². The first-order chi connectivity index (χ1) is 11.1. The highest BCUT2D eigenvalue weighted by molar-refractivity contribution is 7.21. The van der Waals surface area contributed by atoms with Crippen LogP contribution in [0.5, 0.6) is 0 Å². The first-order valence-corrected chi connectivity index (χ1v) is 8.62. The smallest absolute Gasteiger partial charge is 0.326 e. The van der Waals surface area contributed by atoms with Gasteiger partial charge >= 0.3 is 5.97 Å². The molecule has 3 heterocycles. The van der Waals surface area contributed by atoms with Crippen LogP contribution in [0.1, 0.15) is 40.2 Å². The topological polar surface area (TPSA) is 96.5 Å². The molecule has 120 valence electrons. The summed E-state index contributed by atoms with van der Waals surface area (Å²) in [6, 6.07) is 1.30. The van der Waals surface area contributed by atoms with Gasteiger partial charge in [0, 0.05) is 17.6 Å². The van der Waals surface area contributed by atoms with Crippen molar-refractivity contribution in [1.29, 1.82) is 0 Å². The zero-order chi connectivity index (χ0) is 16.1. The van der Waals surface area contributed by atoms with Gasteiger partial charge in [-0.25, -0.2) is 9.78 Å². The number of amides is 1. The van der Waals surface area contributed by atoms with Gasteiger partial charge in [-0.3, -0.25) is 4.79 Å². The molecule has 2 aliphatic rings. The molecule has 4 rings (SSSR count). The number of aryl methyl sites for hydroxylation is 2. The van der Waals surface area contributed by atoms with Gasteiger partial charge in [0.1, 0.15) is 15.7 Å². The summed E-state index contributed by atoms with van der Waals surface area (Å²) in [7, 11) is 0. The highest BCUT2D eigenvalue weighted by atomic mass is 32.1. The van der Waals surface area contributed by atoms with Crippen molar-refractivity contribution in [3.05, 3.63) is 22.2 Å². The quantitative estimate of drug-likeness (QED) is 0.878. The van der Waals surface area contributed by atoms with E-state index in [9.17, 15) is 14.7 Å². The number of carbonyl (C=O) groups excluding carboxylic acids is 1. The average molecular weight is 331 g/mol. The molecule has 0 aromatic carbocycles. The van der Waals surface area contributed by atoms with E-state index < -0.39 is 12.0 Å². The first-order valence-electron chi connectivity index (χ1n) is 7.81. The molecular formula is C16H17N3O3S. The Hall–Kier alpha value is -2.15. The van der Waals surface area contributed by atoms with E-state index in [1.165, 1.54) is 21.8 Å². The van der Waals surface area contributed by atoms with Crippen molar-refractivity contribution in [3.8, 4) is 0 Å². The predicted molar refractivity (Wildman–Crippen MR) is 87.8 cm³/mol. The first kappa shape index (κ1) is 14.4. The highest BCUT2D eigenvalue weighted by Gasteiger charge is 2.36. The van der Waals surface area contributed by atoms with E-state index in [1.54, 1.807) is 0 Å². The number of aliphatic carboxylic acids is 1. The Balaban J connectivity index is 1.75. The normalized spacial score (nSPS) is 20.2. The standard InChI is InChI=1S/C16H17N3O3S/c17-12-9-7-8-3-1-4-10(8)18-14(9)23-13(12)15(20)19-6-2-5-11(19)16(21)22/h7,11H,1-6,17H2,(H,21,22). The van der Waals surface area contributed by atoms with Gasteiger partial charge in [-0.1, -0.05) is 0 Å². The van der Waals surface area contributed by atoms with Crippen LogP contribution in [-0.4, -0.2) is 39.5 Å². The molecule has 0 spiro atoms. The highest BCUT2D eigenvalue weighted by Crippen LogP contribution is 2.37. The number of nitrogens with two attached hydrogens (primary N) is 1. The van der Waals surface area contributed by atoms with Gasteiger partial charge in [-0.2, -0.15) is 0 Å². The number of hydrogen-bond donors (Lipinski definition) is 2. The molecule has 6 nitrogen and oxygen atoms in total. The second-order valence-corrected chi connectivity index (χ2v) is 7.14. The van der Waals surface area contributed by atoms with Gasteiger partial charge in [-0.15, -0.1) is 11.3 Å². The van der Waals surface area contributed by atoms with Crippen LogP contribution in [0.4, 0.5) is 5.69 Å². The van der Waals surface area contributed by atoms with Gasteiger partial charge in [0.15, 0.2) is 0 Å². The van der Waals surface area contributed by atoms with Crippen LogP contribution >= 0.6 is 11.3 Å². The minimum absolute atomic E-state index is 0.282. The molecule has 1 aliphatic heterocycles. The number of pyridine rings is 1. The van der Waals surface area contributed by atoms with E-state index in [0.29, 0.717) is 30.0 Å². The van der Waals surface area contributed by atoms with Crippen LogP contribution in [0.15, 0.2) is 6.07 Å². The summed E-state index contributed by atoms with van der Waals surface area (Å²) in [6.45, 7) is 0.466. The van der Waals surface area contributed by atoms with E-state index in [0.717, 1.165) is 35.2 Å². The molecule has 1 atom stereocenters. The Morgan fingerprint density at radius 3 is 2.96 bits per heavy atom. The molecule has 1 amide bonds. The maximum atomic E-state index is 12.8. The Kier molecular flexibility index (Phi) is 3.26. The average Bonchev–Trinajstić information content (AvgIpc) is 3.23. The lowest BCUT2D eigenvalue weighted by atomic mass is 10.1. The zero-order valence-electron chi connectivity index (χ0n) is 12.5. The van der Waals surface area contributed by atoms with E-state index in [1.807, 2.05) is 6.07 Å². The zero-order valence-corrected chi connectivity index (χ0v) is 13.4. The molecule has 1 unspecified atom stereocenters. The van der Waals surface area contributed by atoms with Crippen LogP contribution in [0.2, 0.25) is 0 Å². The number of thiophene rings is 1. The van der Waals surface area contributed by atoms with Crippen molar-refractivity contribution in [2.75, 3.05) is 12.3 Å². The number of anilines is 1. The lowest BCUT2D eigenvalue weighted by Crippen LogP contribution is -2.40. The fourth-order valence-corrected chi connectivity index (χ4v) is 4.61. The Labute approximate surface area is 136 Å². The van der Waals surface area contributed by atoms with Crippen LogP contribution in [0.25, 0.3) is 10.2 Å². The second-order valence-electron chi connectivity index (χ2n) is 6.14. The van der Waals surface area contributed by atoms with E-state index >= 15 is 0 Å². The Bertz CT molecular complexity index is 830. The van der Waals surface area contributed by atoms with E-state index in [4.69, 9.17) is 5.73 Å². The fraction of sp³-hybridized carbons (Fsp3) is 0.438. The molecule has 2 aromatic heterocycles. The van der Waals surface area contributed by atoms with E-state index in [2.05, 4.69) is 4.98 Å². The summed E-state index contributed by atoms with van der Waals surface area (Å²) < 4.78 is 0. The number of nitrogens with zero attached hydrogens (tertiary/aromatic N) is 2. The van der Waals surface area contributed by atoms with Gasteiger partial charge in [0.2, 0.25) is 0 Å². The van der Waals surface area contributed by atoms with Crippen LogP contribution in [0.3, 0.4) is 0 Å². The van der Waals surface area contributed by atoms with Crippen LogP contribution in [-0.2, 0) is 17.6 Å². The van der Waals surface area contributed by atoms with Crippen molar-refractivity contribution in [3.63, 3.8) is 0 Å². The fourth-order valence-electron chi connectivity index (χ4n) is 3.55. The summed E-state index contributed by atoms with van der Waals surface area (Å²) in [4.78, 5) is 31.4. The van der Waals surface area contributed by atoms with E-state index in [-0.39, 0.29) is 5.91 Å². The maximum absolute atomic E-state index is 12.8. The third-order valence-corrected chi connectivity index (χ3v) is 5.85. The molecule has 1 aliphatic carbocycles. The molecule has 0 radical (unpaired) electrons. The minimum Gasteiger partial charge on any atom is -0.480 e. The van der Waals surface area contributed by atoms with Gasteiger partial charge in [0.25, 0.3) is 5.91 Å². The maximum Gasteiger partial charge on any atom is 0.326 e. The third-order valence-electron chi connectivity index (χ3n) is 4.74. The number of carbonyl (C=O) groups is 2. The van der Waals surface area contributed by atoms with Crippen molar-refractivity contribution in [2.45, 2.75) is 38.1 Å².